The summed E-state index contributed by atoms with van der Waals surface area (Å²) in [6.45, 7) is 2.46. The quantitative estimate of drug-likeness (QED) is 0.671. The van der Waals surface area contributed by atoms with Crippen LogP contribution >= 0.6 is 0 Å². The third kappa shape index (κ3) is 2.99. The maximum absolute atomic E-state index is 13.7. The van der Waals surface area contributed by atoms with E-state index in [4.69, 9.17) is 0 Å². The summed E-state index contributed by atoms with van der Waals surface area (Å²) >= 11 is 0. The molecule has 0 spiro atoms. The summed E-state index contributed by atoms with van der Waals surface area (Å²) in [5.74, 6) is 2.46. The van der Waals surface area contributed by atoms with Crippen LogP contribution in [0.15, 0.2) is 48.5 Å². The summed E-state index contributed by atoms with van der Waals surface area (Å²) in [6.07, 6.45) is 8.37. The molecule has 1 nitrogen and oxygen atoms in total. The third-order valence-corrected chi connectivity index (χ3v) is 7.24. The summed E-state index contributed by atoms with van der Waals surface area (Å²) in [5, 5.41) is 0. The summed E-state index contributed by atoms with van der Waals surface area (Å²) in [6, 6.07) is 16.6. The van der Waals surface area contributed by atoms with Crippen LogP contribution in [-0.2, 0) is 0 Å². The zero-order chi connectivity index (χ0) is 17.5. The molecule has 0 radical (unpaired) electrons. The molecule has 2 aromatic carbocycles. The second-order valence-corrected chi connectivity index (χ2v) is 8.65. The Hall–Kier alpha value is -1.67. The minimum absolute atomic E-state index is 0.150. The second-order valence-electron chi connectivity index (χ2n) is 8.65. The maximum Gasteiger partial charge on any atom is 0.123 e. The Balaban J connectivity index is 1.33. The lowest BCUT2D eigenvalue weighted by Crippen LogP contribution is -2.43. The van der Waals surface area contributed by atoms with Crippen LogP contribution in [-0.4, -0.2) is 24.0 Å². The van der Waals surface area contributed by atoms with E-state index in [1.165, 1.54) is 68.8 Å². The Morgan fingerprint density at radius 2 is 1.69 bits per heavy atom. The molecule has 3 fully saturated rings. The number of rotatable bonds is 3. The maximum atomic E-state index is 13.7. The highest BCUT2D eigenvalue weighted by Crippen LogP contribution is 2.48. The van der Waals surface area contributed by atoms with Crippen LogP contribution in [0.25, 0.3) is 11.1 Å². The molecular weight excluding hydrogens is 321 g/mol. The molecule has 5 rings (SSSR count). The lowest BCUT2D eigenvalue weighted by molar-refractivity contribution is 0.111. The van der Waals surface area contributed by atoms with Gasteiger partial charge in [-0.05, 0) is 91.8 Å². The summed E-state index contributed by atoms with van der Waals surface area (Å²) in [4.78, 5) is 2.80. The summed E-state index contributed by atoms with van der Waals surface area (Å²) in [7, 11) is 0. The van der Waals surface area contributed by atoms with Gasteiger partial charge in [0.25, 0.3) is 0 Å². The number of fused-ring (bicyclic) bond motifs is 2. The Kier molecular flexibility index (Phi) is 4.32. The first-order valence-electron chi connectivity index (χ1n) is 10.4. The van der Waals surface area contributed by atoms with Crippen LogP contribution in [0.4, 0.5) is 4.39 Å². The molecule has 3 atom stereocenters. The van der Waals surface area contributed by atoms with Gasteiger partial charge in [0.2, 0.25) is 0 Å². The number of nitrogens with zero attached hydrogens (tertiary/aromatic N) is 1. The SMILES string of the molecule is Fc1cccc(-c2ccccc2C2CCN([C@H]3C[C@H]4CCC3C4)CC2)c1. The zero-order valence-corrected chi connectivity index (χ0v) is 15.4. The first-order valence-corrected chi connectivity index (χ1v) is 10.4. The molecule has 2 bridgehead atoms. The fourth-order valence-corrected chi connectivity index (χ4v) is 5.97. The molecule has 1 unspecified atom stereocenters. The van der Waals surface area contributed by atoms with Crippen LogP contribution < -0.4 is 0 Å². The number of halogens is 1. The molecule has 1 saturated heterocycles. The fraction of sp³-hybridized carbons (Fsp3) is 0.500. The molecule has 2 aromatic rings. The Bertz CT molecular complexity index is 777. The van der Waals surface area contributed by atoms with Gasteiger partial charge >= 0.3 is 0 Å². The predicted molar refractivity (Wildman–Crippen MR) is 105 cm³/mol. The van der Waals surface area contributed by atoms with Crippen molar-refractivity contribution < 1.29 is 4.39 Å². The smallest absolute Gasteiger partial charge is 0.123 e. The lowest BCUT2D eigenvalue weighted by atomic mass is 9.83. The standard InChI is InChI=1S/C24H28FN/c25-21-5-3-4-19(16-21)23-7-2-1-6-22(23)18-10-12-26(13-11-18)24-15-17-8-9-20(24)14-17/h1-7,16-18,20,24H,8-15H2/t17-,20?,24-/m0/s1. The monoisotopic (exact) mass is 349 g/mol. The first-order chi connectivity index (χ1) is 12.8. The Morgan fingerprint density at radius 1 is 0.846 bits per heavy atom. The predicted octanol–water partition coefficient (Wildman–Crippen LogP) is 5.86. The van der Waals surface area contributed by atoms with Crippen molar-refractivity contribution >= 4 is 0 Å². The molecule has 1 aliphatic heterocycles. The van der Waals surface area contributed by atoms with Gasteiger partial charge in [-0.3, -0.25) is 0 Å². The van der Waals surface area contributed by atoms with Gasteiger partial charge in [-0.1, -0.05) is 42.8 Å². The molecule has 1 heterocycles. The molecule has 2 saturated carbocycles. The lowest BCUT2D eigenvalue weighted by Gasteiger charge is -2.40. The average Bonchev–Trinajstić information content (AvgIpc) is 3.32. The zero-order valence-electron chi connectivity index (χ0n) is 15.4. The van der Waals surface area contributed by atoms with Gasteiger partial charge in [-0.2, -0.15) is 0 Å². The van der Waals surface area contributed by atoms with E-state index in [0.29, 0.717) is 5.92 Å². The summed E-state index contributed by atoms with van der Waals surface area (Å²) < 4.78 is 13.7. The van der Waals surface area contributed by atoms with Crippen LogP contribution in [0.1, 0.15) is 50.0 Å². The van der Waals surface area contributed by atoms with E-state index in [2.05, 4.69) is 29.2 Å². The normalized spacial score (nSPS) is 29.3. The van der Waals surface area contributed by atoms with Crippen LogP contribution in [0.3, 0.4) is 0 Å². The largest absolute Gasteiger partial charge is 0.300 e. The number of benzene rings is 2. The molecule has 0 amide bonds. The van der Waals surface area contributed by atoms with Crippen LogP contribution in [0.2, 0.25) is 0 Å². The number of likely N-dealkylation sites (tertiary alicyclic amines) is 1. The molecule has 26 heavy (non-hydrogen) atoms. The van der Waals surface area contributed by atoms with Gasteiger partial charge in [0, 0.05) is 6.04 Å². The van der Waals surface area contributed by atoms with Crippen molar-refractivity contribution in [3.05, 3.63) is 59.9 Å². The highest BCUT2D eigenvalue weighted by Gasteiger charge is 2.42. The fourth-order valence-electron chi connectivity index (χ4n) is 5.97. The molecule has 2 aliphatic carbocycles. The average molecular weight is 349 g/mol. The Morgan fingerprint density at radius 3 is 2.42 bits per heavy atom. The van der Waals surface area contributed by atoms with Crippen LogP contribution in [0, 0.1) is 17.7 Å². The van der Waals surface area contributed by atoms with E-state index < -0.39 is 0 Å². The summed E-state index contributed by atoms with van der Waals surface area (Å²) in [5.41, 5.74) is 3.63. The topological polar surface area (TPSA) is 3.24 Å². The first kappa shape index (κ1) is 16.5. The molecule has 0 N–H and O–H groups in total. The van der Waals surface area contributed by atoms with E-state index in [1.54, 1.807) is 6.07 Å². The molecular formula is C24H28FN. The minimum atomic E-state index is -0.150. The van der Waals surface area contributed by atoms with Gasteiger partial charge in [0.15, 0.2) is 0 Å². The molecule has 136 valence electrons. The number of hydrogen-bond donors (Lipinski definition) is 0. The van der Waals surface area contributed by atoms with Crippen molar-refractivity contribution in [1.82, 2.24) is 4.90 Å². The van der Waals surface area contributed by atoms with Crippen molar-refractivity contribution in [2.24, 2.45) is 11.8 Å². The van der Waals surface area contributed by atoms with E-state index in [0.717, 1.165) is 23.4 Å². The highest BCUT2D eigenvalue weighted by atomic mass is 19.1. The Labute approximate surface area is 156 Å². The van der Waals surface area contributed by atoms with Gasteiger partial charge in [-0.25, -0.2) is 4.39 Å². The van der Waals surface area contributed by atoms with Crippen molar-refractivity contribution in [2.45, 2.75) is 50.5 Å². The van der Waals surface area contributed by atoms with Crippen molar-refractivity contribution in [3.63, 3.8) is 0 Å². The molecule has 3 aliphatic rings. The van der Waals surface area contributed by atoms with Crippen LogP contribution in [0.5, 0.6) is 0 Å². The van der Waals surface area contributed by atoms with Gasteiger partial charge in [0.05, 0.1) is 0 Å². The van der Waals surface area contributed by atoms with E-state index >= 15 is 0 Å². The molecule has 2 heteroatoms. The second kappa shape index (κ2) is 6.81. The minimum Gasteiger partial charge on any atom is -0.300 e. The van der Waals surface area contributed by atoms with E-state index in [9.17, 15) is 4.39 Å². The van der Waals surface area contributed by atoms with Gasteiger partial charge in [0.1, 0.15) is 5.82 Å². The van der Waals surface area contributed by atoms with E-state index in [1.807, 2.05) is 12.1 Å². The van der Waals surface area contributed by atoms with Gasteiger partial charge < -0.3 is 4.90 Å². The number of hydrogen-bond acceptors (Lipinski definition) is 1. The number of piperidine rings is 1. The third-order valence-electron chi connectivity index (χ3n) is 7.24. The highest BCUT2D eigenvalue weighted by molar-refractivity contribution is 5.68. The van der Waals surface area contributed by atoms with Crippen molar-refractivity contribution in [1.29, 1.82) is 0 Å². The van der Waals surface area contributed by atoms with Gasteiger partial charge in [-0.15, -0.1) is 0 Å². The van der Waals surface area contributed by atoms with E-state index in [-0.39, 0.29) is 5.82 Å². The molecule has 0 aromatic heterocycles. The van der Waals surface area contributed by atoms with Crippen molar-refractivity contribution in [2.75, 3.05) is 13.1 Å². The van der Waals surface area contributed by atoms with Crippen molar-refractivity contribution in [3.8, 4) is 11.1 Å².